The van der Waals surface area contributed by atoms with Gasteiger partial charge in [-0.05, 0) is 74.1 Å². The van der Waals surface area contributed by atoms with E-state index in [4.69, 9.17) is 4.74 Å². The summed E-state index contributed by atoms with van der Waals surface area (Å²) >= 11 is 2.07. The van der Waals surface area contributed by atoms with Crippen LogP contribution >= 0.6 is 11.8 Å². The van der Waals surface area contributed by atoms with Crippen molar-refractivity contribution in [2.24, 2.45) is 16.7 Å². The molecule has 0 N–H and O–H groups in total. The molecular weight excluding hydrogens is 338 g/mol. The molecule has 1 saturated heterocycles. The summed E-state index contributed by atoms with van der Waals surface area (Å²) in [6.07, 6.45) is 8.13. The Morgan fingerprint density at radius 2 is 1.96 bits per heavy atom. The number of aryl methyl sites for hydroxylation is 1. The molecule has 2 nitrogen and oxygen atoms in total. The topological polar surface area (TPSA) is 12.5 Å². The van der Waals surface area contributed by atoms with E-state index in [1.807, 2.05) is 0 Å². The fraction of sp³-hybridized carbons (Fsp3) is 0.739. The number of hydrogen-bond acceptors (Lipinski definition) is 3. The number of thioether (sulfide) groups is 1. The monoisotopic (exact) mass is 373 g/mol. The van der Waals surface area contributed by atoms with Gasteiger partial charge in [0.15, 0.2) is 0 Å². The molecule has 3 heteroatoms. The van der Waals surface area contributed by atoms with Crippen LogP contribution in [0.15, 0.2) is 24.3 Å². The first-order valence-electron chi connectivity index (χ1n) is 10.5. The molecule has 0 spiro atoms. The van der Waals surface area contributed by atoms with Crippen molar-refractivity contribution >= 4 is 11.8 Å². The van der Waals surface area contributed by atoms with Crippen LogP contribution in [-0.4, -0.2) is 35.7 Å². The van der Waals surface area contributed by atoms with E-state index >= 15 is 0 Å². The summed E-state index contributed by atoms with van der Waals surface area (Å²) in [5.74, 6) is 4.46. The van der Waals surface area contributed by atoms with Crippen LogP contribution in [0.2, 0.25) is 0 Å². The third kappa shape index (κ3) is 3.42. The van der Waals surface area contributed by atoms with Gasteiger partial charge in [-0.3, -0.25) is 4.90 Å². The summed E-state index contributed by atoms with van der Waals surface area (Å²) in [5.41, 5.74) is 2.21. The van der Waals surface area contributed by atoms with Gasteiger partial charge in [-0.1, -0.05) is 32.9 Å². The molecule has 3 fully saturated rings. The van der Waals surface area contributed by atoms with Crippen LogP contribution in [0, 0.1) is 16.7 Å². The minimum atomic E-state index is 0.337. The van der Waals surface area contributed by atoms with E-state index in [0.29, 0.717) is 16.9 Å². The quantitative estimate of drug-likeness (QED) is 0.576. The lowest BCUT2D eigenvalue weighted by Gasteiger charge is -2.38. The molecule has 1 aromatic rings. The van der Waals surface area contributed by atoms with Crippen molar-refractivity contribution in [1.29, 1.82) is 0 Å². The van der Waals surface area contributed by atoms with Gasteiger partial charge in [-0.2, -0.15) is 0 Å². The molecule has 2 saturated carbocycles. The fourth-order valence-electron chi connectivity index (χ4n) is 5.50. The fourth-order valence-corrected chi connectivity index (χ4v) is 6.53. The molecule has 1 aliphatic heterocycles. The summed E-state index contributed by atoms with van der Waals surface area (Å²) < 4.78 is 6.49. The van der Waals surface area contributed by atoms with Crippen molar-refractivity contribution in [3.05, 3.63) is 29.8 Å². The van der Waals surface area contributed by atoms with E-state index in [1.165, 1.54) is 68.8 Å². The maximum atomic E-state index is 6.49. The van der Waals surface area contributed by atoms with Crippen LogP contribution < -0.4 is 4.74 Å². The largest absolute Gasteiger partial charge is 0.490 e. The van der Waals surface area contributed by atoms with Crippen molar-refractivity contribution < 1.29 is 4.74 Å². The van der Waals surface area contributed by atoms with Crippen LogP contribution in [0.3, 0.4) is 0 Å². The Kier molecular flexibility index (Phi) is 5.31. The number of ether oxygens (including phenoxy) is 1. The van der Waals surface area contributed by atoms with Gasteiger partial charge in [-0.15, -0.1) is 11.8 Å². The summed E-state index contributed by atoms with van der Waals surface area (Å²) in [6, 6.07) is 8.97. The highest BCUT2D eigenvalue weighted by Crippen LogP contribution is 2.66. The predicted molar refractivity (Wildman–Crippen MR) is 112 cm³/mol. The van der Waals surface area contributed by atoms with Gasteiger partial charge < -0.3 is 4.74 Å². The standard InChI is InChI=1S/C23H35NOS/c1-22(2)19-11-12-23(22,3)21(16-19)25-20-9-7-18(8-10-20)6-4-5-13-24-14-15-26-17-24/h7-10,19,21H,4-6,11-17H2,1-3H3. The second-order valence-corrected chi connectivity index (χ2v) is 10.5. The number of hydrogen-bond donors (Lipinski definition) is 0. The second-order valence-electron chi connectivity index (χ2n) is 9.47. The van der Waals surface area contributed by atoms with Crippen molar-refractivity contribution in [3.63, 3.8) is 0 Å². The molecule has 4 rings (SSSR count). The molecule has 2 bridgehead atoms. The molecule has 1 heterocycles. The first-order chi connectivity index (χ1) is 12.5. The molecule has 0 radical (unpaired) electrons. The molecule has 2 aliphatic carbocycles. The highest BCUT2D eigenvalue weighted by molar-refractivity contribution is 7.99. The smallest absolute Gasteiger partial charge is 0.119 e. The molecular formula is C23H35NOS. The summed E-state index contributed by atoms with van der Waals surface area (Å²) in [6.45, 7) is 9.92. The lowest BCUT2D eigenvalue weighted by Crippen LogP contribution is -2.38. The lowest BCUT2D eigenvalue weighted by molar-refractivity contribution is 0.0301. The van der Waals surface area contributed by atoms with E-state index in [2.05, 4.69) is 61.7 Å². The molecule has 26 heavy (non-hydrogen) atoms. The lowest BCUT2D eigenvalue weighted by atomic mass is 9.70. The van der Waals surface area contributed by atoms with Gasteiger partial charge in [0.1, 0.15) is 11.9 Å². The number of rotatable bonds is 7. The summed E-state index contributed by atoms with van der Waals surface area (Å²) in [5, 5.41) is 0. The molecule has 3 unspecified atom stereocenters. The van der Waals surface area contributed by atoms with Gasteiger partial charge in [-0.25, -0.2) is 0 Å². The van der Waals surface area contributed by atoms with Crippen LogP contribution in [0.4, 0.5) is 0 Å². The number of benzene rings is 1. The van der Waals surface area contributed by atoms with Crippen LogP contribution in [0.1, 0.15) is 58.4 Å². The summed E-state index contributed by atoms with van der Waals surface area (Å²) in [4.78, 5) is 2.58. The molecule has 144 valence electrons. The first kappa shape index (κ1) is 18.7. The Morgan fingerprint density at radius 1 is 1.15 bits per heavy atom. The molecule has 3 atom stereocenters. The Morgan fingerprint density at radius 3 is 2.58 bits per heavy atom. The second kappa shape index (κ2) is 7.39. The van der Waals surface area contributed by atoms with E-state index < -0.39 is 0 Å². The third-order valence-corrected chi connectivity index (χ3v) is 8.95. The zero-order chi connectivity index (χ0) is 18.2. The zero-order valence-electron chi connectivity index (χ0n) is 16.8. The number of fused-ring (bicyclic) bond motifs is 2. The SMILES string of the molecule is CC1(C)C2CCC1(C)C(Oc1ccc(CCCCN3CCSC3)cc1)C2. The average molecular weight is 374 g/mol. The Hall–Kier alpha value is -0.670. The minimum Gasteiger partial charge on any atom is -0.490 e. The Labute approximate surface area is 164 Å². The van der Waals surface area contributed by atoms with Crippen molar-refractivity contribution in [2.45, 2.75) is 65.4 Å². The van der Waals surface area contributed by atoms with Gasteiger partial charge >= 0.3 is 0 Å². The summed E-state index contributed by atoms with van der Waals surface area (Å²) in [7, 11) is 0. The van der Waals surface area contributed by atoms with E-state index in [0.717, 1.165) is 11.7 Å². The van der Waals surface area contributed by atoms with Crippen LogP contribution in [0.25, 0.3) is 0 Å². The molecule has 0 aromatic heterocycles. The highest BCUT2D eigenvalue weighted by Gasteiger charge is 2.62. The van der Waals surface area contributed by atoms with Crippen molar-refractivity contribution in [1.82, 2.24) is 4.90 Å². The van der Waals surface area contributed by atoms with Gasteiger partial charge in [0, 0.05) is 23.6 Å². The molecule has 0 amide bonds. The van der Waals surface area contributed by atoms with Gasteiger partial charge in [0.05, 0.1) is 0 Å². The van der Waals surface area contributed by atoms with E-state index in [1.54, 1.807) is 0 Å². The van der Waals surface area contributed by atoms with Crippen LogP contribution in [-0.2, 0) is 6.42 Å². The normalized spacial score (nSPS) is 33.0. The maximum Gasteiger partial charge on any atom is 0.119 e. The van der Waals surface area contributed by atoms with Gasteiger partial charge in [0.2, 0.25) is 0 Å². The Bertz CT molecular complexity index is 607. The molecule has 1 aromatic carbocycles. The first-order valence-corrected chi connectivity index (χ1v) is 11.7. The third-order valence-electron chi connectivity index (χ3n) is 7.93. The maximum absolute atomic E-state index is 6.49. The minimum absolute atomic E-state index is 0.337. The van der Waals surface area contributed by atoms with Crippen LogP contribution in [0.5, 0.6) is 5.75 Å². The van der Waals surface area contributed by atoms with E-state index in [9.17, 15) is 0 Å². The van der Waals surface area contributed by atoms with E-state index in [-0.39, 0.29) is 0 Å². The predicted octanol–water partition coefficient (Wildman–Crippen LogP) is 5.61. The molecule has 3 aliphatic rings. The number of unbranched alkanes of at least 4 members (excludes halogenated alkanes) is 1. The van der Waals surface area contributed by atoms with Crippen molar-refractivity contribution in [2.75, 3.05) is 24.7 Å². The highest BCUT2D eigenvalue weighted by atomic mass is 32.2. The Balaban J connectivity index is 1.26. The average Bonchev–Trinajstić information content (AvgIpc) is 3.26. The van der Waals surface area contributed by atoms with Crippen molar-refractivity contribution in [3.8, 4) is 5.75 Å². The number of nitrogens with zero attached hydrogens (tertiary/aromatic N) is 1. The van der Waals surface area contributed by atoms with Gasteiger partial charge in [0.25, 0.3) is 0 Å². The zero-order valence-corrected chi connectivity index (χ0v) is 17.6.